The summed E-state index contributed by atoms with van der Waals surface area (Å²) in [5.74, 6) is -0.863. The molecule has 3 N–H and O–H groups in total. The highest BCUT2D eigenvalue weighted by molar-refractivity contribution is 7.12. The maximum atomic E-state index is 11.5. The van der Waals surface area contributed by atoms with Crippen LogP contribution in [-0.4, -0.2) is 28.6 Å². The van der Waals surface area contributed by atoms with E-state index in [1.807, 2.05) is 0 Å². The van der Waals surface area contributed by atoms with E-state index in [1.54, 1.807) is 29.8 Å². The van der Waals surface area contributed by atoms with E-state index in [1.165, 1.54) is 6.07 Å². The van der Waals surface area contributed by atoms with Crippen LogP contribution < -0.4 is 15.6 Å². The first-order chi connectivity index (χ1) is 9.66. The van der Waals surface area contributed by atoms with Gasteiger partial charge in [-0.25, -0.2) is 9.78 Å². The fourth-order valence-corrected chi connectivity index (χ4v) is 1.99. The van der Waals surface area contributed by atoms with Gasteiger partial charge < -0.3 is 9.84 Å². The summed E-state index contributed by atoms with van der Waals surface area (Å²) in [5, 5.41) is 10.5. The van der Waals surface area contributed by atoms with Crippen LogP contribution in [0.5, 0.6) is 5.75 Å². The van der Waals surface area contributed by atoms with Gasteiger partial charge in [0.2, 0.25) is 0 Å². The molecule has 0 unspecified atom stereocenters. The first-order valence-electron chi connectivity index (χ1n) is 5.56. The normalized spacial score (nSPS) is 9.80. The van der Waals surface area contributed by atoms with Crippen LogP contribution >= 0.6 is 11.3 Å². The molecular weight excluding hydrogens is 282 g/mol. The zero-order valence-electron chi connectivity index (χ0n) is 10.2. The fourth-order valence-electron chi connectivity index (χ4n) is 1.32. The van der Waals surface area contributed by atoms with Crippen molar-refractivity contribution in [1.29, 1.82) is 0 Å². The largest absolute Gasteiger partial charge is 0.482 e. The maximum Gasteiger partial charge on any atom is 0.349 e. The van der Waals surface area contributed by atoms with Gasteiger partial charge in [-0.15, -0.1) is 11.3 Å². The van der Waals surface area contributed by atoms with E-state index in [9.17, 15) is 9.59 Å². The zero-order chi connectivity index (χ0) is 14.4. The summed E-state index contributed by atoms with van der Waals surface area (Å²) in [7, 11) is 0. The summed E-state index contributed by atoms with van der Waals surface area (Å²) < 4.78 is 5.15. The molecule has 0 aliphatic carbocycles. The van der Waals surface area contributed by atoms with Gasteiger partial charge in [0.25, 0.3) is 5.91 Å². The molecule has 104 valence electrons. The number of nitrogens with one attached hydrogen (secondary N) is 2. The molecule has 0 radical (unpaired) electrons. The number of aromatic carboxylic acids is 1. The molecule has 2 rings (SSSR count). The third-order valence-corrected chi connectivity index (χ3v) is 3.06. The Kier molecular flexibility index (Phi) is 4.51. The molecule has 0 saturated carbocycles. The topological polar surface area (TPSA) is 101 Å². The summed E-state index contributed by atoms with van der Waals surface area (Å²) in [4.78, 5) is 26.4. The molecule has 0 aromatic carbocycles. The van der Waals surface area contributed by atoms with Crippen LogP contribution in [0, 0.1) is 0 Å². The molecule has 8 heteroatoms. The second-order valence-electron chi connectivity index (χ2n) is 3.60. The van der Waals surface area contributed by atoms with E-state index < -0.39 is 11.9 Å². The molecule has 0 fully saturated rings. The standard InChI is InChI=1S/C12H11N3O4S/c16-10(15-14-9-3-1-2-5-13-9)7-19-8-4-6-20-11(8)12(17)18/h1-6H,7H2,(H,13,14)(H,15,16)(H,17,18). The quantitative estimate of drug-likeness (QED) is 0.695. The highest BCUT2D eigenvalue weighted by atomic mass is 32.1. The number of aromatic nitrogens is 1. The highest BCUT2D eigenvalue weighted by Gasteiger charge is 2.14. The molecular formula is C12H11N3O4S. The number of ether oxygens (including phenoxy) is 1. The van der Waals surface area contributed by atoms with Crippen LogP contribution in [0.3, 0.4) is 0 Å². The Hall–Kier alpha value is -2.61. The number of anilines is 1. The van der Waals surface area contributed by atoms with Crippen molar-refractivity contribution in [2.45, 2.75) is 0 Å². The van der Waals surface area contributed by atoms with Crippen LogP contribution in [0.15, 0.2) is 35.8 Å². The second-order valence-corrected chi connectivity index (χ2v) is 4.51. The van der Waals surface area contributed by atoms with Gasteiger partial charge in [-0.3, -0.25) is 15.6 Å². The molecule has 20 heavy (non-hydrogen) atoms. The molecule has 2 aromatic heterocycles. The highest BCUT2D eigenvalue weighted by Crippen LogP contribution is 2.24. The predicted molar refractivity (Wildman–Crippen MR) is 72.8 cm³/mol. The molecule has 2 aromatic rings. The Balaban J connectivity index is 1.80. The smallest absolute Gasteiger partial charge is 0.349 e. The third kappa shape index (κ3) is 3.69. The van der Waals surface area contributed by atoms with Gasteiger partial charge in [-0.1, -0.05) is 6.07 Å². The molecule has 0 spiro atoms. The van der Waals surface area contributed by atoms with E-state index in [4.69, 9.17) is 9.84 Å². The van der Waals surface area contributed by atoms with Crippen LogP contribution in [-0.2, 0) is 4.79 Å². The lowest BCUT2D eigenvalue weighted by atomic mass is 10.4. The van der Waals surface area contributed by atoms with Crippen LogP contribution in [0.4, 0.5) is 5.82 Å². The molecule has 1 amide bonds. The minimum absolute atomic E-state index is 0.0653. The van der Waals surface area contributed by atoms with E-state index >= 15 is 0 Å². The Morgan fingerprint density at radius 3 is 2.90 bits per heavy atom. The lowest BCUT2D eigenvalue weighted by Gasteiger charge is -2.08. The van der Waals surface area contributed by atoms with Gasteiger partial charge >= 0.3 is 5.97 Å². The molecule has 0 bridgehead atoms. The summed E-state index contributed by atoms with van der Waals surface area (Å²) >= 11 is 1.04. The average molecular weight is 293 g/mol. The van der Waals surface area contributed by atoms with Crippen molar-refractivity contribution in [3.05, 3.63) is 40.7 Å². The van der Waals surface area contributed by atoms with Crippen LogP contribution in [0.25, 0.3) is 0 Å². The van der Waals surface area contributed by atoms with Gasteiger partial charge in [-0.2, -0.15) is 0 Å². The number of hydrazine groups is 1. The number of hydrogen-bond donors (Lipinski definition) is 3. The Morgan fingerprint density at radius 2 is 2.20 bits per heavy atom. The Labute approximate surface area is 118 Å². The van der Waals surface area contributed by atoms with Gasteiger partial charge in [0.1, 0.15) is 11.6 Å². The predicted octanol–water partition coefficient (Wildman–Crippen LogP) is 1.36. The van der Waals surface area contributed by atoms with Crippen molar-refractivity contribution in [3.8, 4) is 5.75 Å². The number of carbonyl (C=O) groups is 2. The monoisotopic (exact) mass is 293 g/mol. The Morgan fingerprint density at radius 1 is 1.35 bits per heavy atom. The van der Waals surface area contributed by atoms with Crippen molar-refractivity contribution >= 4 is 29.0 Å². The van der Waals surface area contributed by atoms with E-state index in [-0.39, 0.29) is 17.2 Å². The Bertz CT molecular complexity index is 600. The van der Waals surface area contributed by atoms with Crippen LogP contribution in [0.1, 0.15) is 9.67 Å². The van der Waals surface area contributed by atoms with Gasteiger partial charge in [0, 0.05) is 6.20 Å². The molecule has 0 saturated heterocycles. The third-order valence-electron chi connectivity index (χ3n) is 2.18. The maximum absolute atomic E-state index is 11.5. The summed E-state index contributed by atoms with van der Waals surface area (Å²) in [6.07, 6.45) is 1.58. The number of carboxylic acids is 1. The lowest BCUT2D eigenvalue weighted by Crippen LogP contribution is -2.34. The number of carbonyl (C=O) groups excluding carboxylic acids is 1. The molecule has 0 aliphatic rings. The summed E-state index contributed by atoms with van der Waals surface area (Å²) in [6, 6.07) is 6.71. The number of carboxylic acid groups (broad SMARTS) is 1. The summed E-state index contributed by atoms with van der Waals surface area (Å²) in [5.41, 5.74) is 5.00. The minimum atomic E-state index is -1.08. The molecule has 2 heterocycles. The lowest BCUT2D eigenvalue weighted by molar-refractivity contribution is -0.122. The number of rotatable bonds is 6. The van der Waals surface area contributed by atoms with Crippen molar-refractivity contribution in [2.24, 2.45) is 0 Å². The zero-order valence-corrected chi connectivity index (χ0v) is 11.0. The second kappa shape index (κ2) is 6.53. The van der Waals surface area contributed by atoms with Gasteiger partial charge in [-0.05, 0) is 23.6 Å². The number of nitrogens with zero attached hydrogens (tertiary/aromatic N) is 1. The molecule has 0 atom stereocenters. The van der Waals surface area contributed by atoms with E-state index in [0.29, 0.717) is 5.82 Å². The van der Waals surface area contributed by atoms with Crippen molar-refractivity contribution in [3.63, 3.8) is 0 Å². The number of hydrogen-bond acceptors (Lipinski definition) is 6. The minimum Gasteiger partial charge on any atom is -0.482 e. The average Bonchev–Trinajstić information content (AvgIpc) is 2.92. The number of pyridine rings is 1. The van der Waals surface area contributed by atoms with E-state index in [0.717, 1.165) is 11.3 Å². The van der Waals surface area contributed by atoms with Gasteiger partial charge in [0.15, 0.2) is 11.5 Å². The van der Waals surface area contributed by atoms with Crippen molar-refractivity contribution in [1.82, 2.24) is 10.4 Å². The van der Waals surface area contributed by atoms with E-state index in [2.05, 4.69) is 15.8 Å². The summed E-state index contributed by atoms with van der Waals surface area (Å²) in [6.45, 7) is -0.295. The van der Waals surface area contributed by atoms with Crippen molar-refractivity contribution < 1.29 is 19.4 Å². The van der Waals surface area contributed by atoms with Crippen LogP contribution in [0.2, 0.25) is 0 Å². The molecule has 0 aliphatic heterocycles. The molecule has 7 nitrogen and oxygen atoms in total. The first-order valence-corrected chi connectivity index (χ1v) is 6.44. The fraction of sp³-hybridized carbons (Fsp3) is 0.0833. The first kappa shape index (κ1) is 13.8. The van der Waals surface area contributed by atoms with Gasteiger partial charge in [0.05, 0.1) is 0 Å². The van der Waals surface area contributed by atoms with Crippen molar-refractivity contribution in [2.75, 3.05) is 12.0 Å². The number of thiophene rings is 1. The SMILES string of the molecule is O=C(COc1ccsc1C(=O)O)NNc1ccccn1. The number of amides is 1.